The van der Waals surface area contributed by atoms with Gasteiger partial charge >= 0.3 is 10.4 Å². The second kappa shape index (κ2) is 21.8. The van der Waals surface area contributed by atoms with Crippen LogP contribution in [-0.4, -0.2) is 54.7 Å². The molecule has 0 unspecified atom stereocenters. The summed E-state index contributed by atoms with van der Waals surface area (Å²) in [5.41, 5.74) is 0. The zero-order chi connectivity index (χ0) is 21.5. The van der Waals surface area contributed by atoms with Gasteiger partial charge in [-0.3, -0.25) is 4.89 Å². The van der Waals surface area contributed by atoms with Crippen molar-refractivity contribution >= 4 is 10.4 Å². The molecule has 172 valence electrons. The van der Waals surface area contributed by atoms with Gasteiger partial charge in [0, 0.05) is 13.0 Å². The lowest BCUT2D eigenvalue weighted by Crippen LogP contribution is -2.15. The van der Waals surface area contributed by atoms with Crippen molar-refractivity contribution in [3.05, 3.63) is 0 Å². The highest BCUT2D eigenvalue weighted by atomic mass is 32.3. The third-order valence-electron chi connectivity index (χ3n) is 3.79. The third-order valence-corrected chi connectivity index (χ3v) is 4.48. The van der Waals surface area contributed by atoms with Crippen LogP contribution in [0.5, 0.6) is 0 Å². The van der Waals surface area contributed by atoms with Gasteiger partial charge in [0.15, 0.2) is 6.11 Å². The Balaban J connectivity index is 3.45. The summed E-state index contributed by atoms with van der Waals surface area (Å²) in [7, 11) is -4.25. The van der Waals surface area contributed by atoms with Gasteiger partial charge in [0.05, 0.1) is 39.6 Å². The van der Waals surface area contributed by atoms with Gasteiger partial charge in [-0.2, -0.15) is 8.42 Å². The Labute approximate surface area is 176 Å². The van der Waals surface area contributed by atoms with Gasteiger partial charge in [-0.15, -0.1) is 0 Å². The minimum atomic E-state index is -4.25. The van der Waals surface area contributed by atoms with Crippen molar-refractivity contribution in [3.8, 4) is 12.0 Å². The molecule has 0 spiro atoms. The Bertz CT molecular complexity index is 498. The van der Waals surface area contributed by atoms with Gasteiger partial charge in [-0.25, -0.2) is 4.18 Å². The van der Waals surface area contributed by atoms with E-state index in [9.17, 15) is 8.42 Å². The van der Waals surface area contributed by atoms with Crippen LogP contribution >= 0.6 is 0 Å². The van der Waals surface area contributed by atoms with E-state index >= 15 is 0 Å². The first-order valence-electron chi connectivity index (χ1n) is 10.6. The van der Waals surface area contributed by atoms with Crippen LogP contribution in [0.3, 0.4) is 0 Å². The Morgan fingerprint density at radius 3 is 1.86 bits per heavy atom. The Morgan fingerprint density at radius 2 is 1.24 bits per heavy atom. The van der Waals surface area contributed by atoms with Crippen LogP contribution < -0.4 is 0 Å². The normalized spacial score (nSPS) is 11.2. The van der Waals surface area contributed by atoms with Crippen LogP contribution in [0.25, 0.3) is 0 Å². The molecule has 0 rings (SSSR count). The van der Waals surface area contributed by atoms with E-state index in [1.807, 2.05) is 6.92 Å². The molecule has 0 bridgehead atoms. The molecule has 0 fully saturated rings. The molecule has 0 aromatic rings. The van der Waals surface area contributed by atoms with E-state index in [-0.39, 0.29) is 13.2 Å². The fourth-order valence-electron chi connectivity index (χ4n) is 2.29. The van der Waals surface area contributed by atoms with E-state index < -0.39 is 10.4 Å². The summed E-state index contributed by atoms with van der Waals surface area (Å²) in [4.78, 5) is 4.37. The average molecular weight is 439 g/mol. The van der Waals surface area contributed by atoms with E-state index in [1.54, 1.807) is 0 Å². The summed E-state index contributed by atoms with van der Waals surface area (Å²) >= 11 is 0. The molecule has 8 nitrogen and oxygen atoms in total. The van der Waals surface area contributed by atoms with Gasteiger partial charge in [-0.1, -0.05) is 57.8 Å². The first kappa shape index (κ1) is 28.1. The second-order valence-electron chi connectivity index (χ2n) is 6.31. The molecule has 0 atom stereocenters. The highest BCUT2D eigenvalue weighted by Gasteiger charge is 2.13. The average Bonchev–Trinajstić information content (AvgIpc) is 2.70. The van der Waals surface area contributed by atoms with E-state index in [0.717, 1.165) is 12.8 Å². The summed E-state index contributed by atoms with van der Waals surface area (Å²) in [5.74, 6) is 2.71. The Kier molecular flexibility index (Phi) is 21.1. The molecule has 0 N–H and O–H groups in total. The molecule has 0 aromatic carbocycles. The predicted octanol–water partition coefficient (Wildman–Crippen LogP) is 3.76. The molecule has 0 aliphatic carbocycles. The standard InChI is InChI=1S/C20H38O8S/c1-3-5-6-7-8-9-10-11-12-13-14-26-28-29(21,22)27-20-19-25-18-17-24-16-15-23-4-2/h3-12,15-20H2,1-2H3. The van der Waals surface area contributed by atoms with Gasteiger partial charge < -0.3 is 14.2 Å². The van der Waals surface area contributed by atoms with Crippen LogP contribution in [0.2, 0.25) is 0 Å². The first-order valence-corrected chi connectivity index (χ1v) is 11.9. The van der Waals surface area contributed by atoms with E-state index in [1.165, 1.54) is 38.5 Å². The number of unbranched alkanes of at least 4 members (excludes halogenated alkanes) is 8. The Morgan fingerprint density at radius 1 is 0.690 bits per heavy atom. The topological polar surface area (TPSA) is 89.5 Å². The number of hydrogen-bond acceptors (Lipinski definition) is 8. The summed E-state index contributed by atoms with van der Waals surface area (Å²) in [5, 5.41) is 0. The van der Waals surface area contributed by atoms with Gasteiger partial charge in [0.25, 0.3) is 0 Å². The molecule has 9 heteroatoms. The zero-order valence-corrected chi connectivity index (χ0v) is 18.8. The molecule has 0 aliphatic rings. The Hall–Kier alpha value is -0.890. The maximum absolute atomic E-state index is 11.4. The highest BCUT2D eigenvalue weighted by Crippen LogP contribution is 2.09. The molecule has 0 saturated carbocycles. The summed E-state index contributed by atoms with van der Waals surface area (Å²) in [6, 6.07) is 0. The molecule has 0 saturated heterocycles. The van der Waals surface area contributed by atoms with Crippen LogP contribution in [-0.2, 0) is 38.0 Å². The third kappa shape index (κ3) is 23.3. The molecule has 0 heterocycles. The molecular weight excluding hydrogens is 400 g/mol. The highest BCUT2D eigenvalue weighted by molar-refractivity contribution is 7.81. The van der Waals surface area contributed by atoms with Crippen LogP contribution in [0, 0.1) is 12.0 Å². The fraction of sp³-hybridized carbons (Fsp3) is 0.900. The minimum absolute atomic E-state index is 0.0849. The number of rotatable bonds is 21. The van der Waals surface area contributed by atoms with E-state index in [0.29, 0.717) is 39.5 Å². The van der Waals surface area contributed by atoms with Crippen LogP contribution in [0.4, 0.5) is 0 Å². The van der Waals surface area contributed by atoms with Crippen molar-refractivity contribution in [2.75, 3.05) is 46.2 Å². The lowest BCUT2D eigenvalue weighted by molar-refractivity contribution is -0.139. The van der Waals surface area contributed by atoms with Crippen molar-refractivity contribution in [2.45, 2.75) is 71.6 Å². The maximum atomic E-state index is 11.4. The fourth-order valence-corrected chi connectivity index (χ4v) is 2.71. The van der Waals surface area contributed by atoms with Crippen molar-refractivity contribution in [3.63, 3.8) is 0 Å². The summed E-state index contributed by atoms with van der Waals surface area (Å²) in [6.07, 6.45) is 12.6. The smallest absolute Gasteiger partial charge is 0.379 e. The van der Waals surface area contributed by atoms with E-state index in [4.69, 9.17) is 14.2 Å². The second-order valence-corrected chi connectivity index (χ2v) is 7.50. The van der Waals surface area contributed by atoms with Crippen molar-refractivity contribution in [1.82, 2.24) is 0 Å². The molecule has 0 aromatic heterocycles. The molecule has 29 heavy (non-hydrogen) atoms. The SMILES string of the molecule is CCCCCCCCCCC#COOS(=O)(=O)OCCOCCOCCOCC. The maximum Gasteiger partial charge on any atom is 0.436 e. The lowest BCUT2D eigenvalue weighted by atomic mass is 10.1. The largest absolute Gasteiger partial charge is 0.436 e. The molecule has 0 amide bonds. The lowest BCUT2D eigenvalue weighted by Gasteiger charge is -2.06. The van der Waals surface area contributed by atoms with E-state index in [2.05, 4.69) is 32.4 Å². The number of ether oxygens (including phenoxy) is 3. The molecular formula is C20H38O8S. The predicted molar refractivity (Wildman–Crippen MR) is 110 cm³/mol. The van der Waals surface area contributed by atoms with Gasteiger partial charge in [-0.05, 0) is 17.7 Å². The van der Waals surface area contributed by atoms with Gasteiger partial charge in [0.1, 0.15) is 0 Å². The van der Waals surface area contributed by atoms with Crippen LogP contribution in [0.1, 0.15) is 71.6 Å². The van der Waals surface area contributed by atoms with Crippen molar-refractivity contribution in [2.24, 2.45) is 0 Å². The quantitative estimate of drug-likeness (QED) is 0.116. The molecule has 0 aliphatic heterocycles. The van der Waals surface area contributed by atoms with Gasteiger partial charge in [0.2, 0.25) is 0 Å². The minimum Gasteiger partial charge on any atom is -0.379 e. The summed E-state index contributed by atoms with van der Waals surface area (Å²) in [6.45, 7) is 6.44. The first-order chi connectivity index (χ1) is 14.1. The number of hydrogen-bond donors (Lipinski definition) is 0. The zero-order valence-electron chi connectivity index (χ0n) is 18.0. The van der Waals surface area contributed by atoms with Crippen molar-refractivity contribution < 1.29 is 36.0 Å². The molecule has 0 radical (unpaired) electrons. The van der Waals surface area contributed by atoms with Crippen molar-refractivity contribution in [1.29, 1.82) is 0 Å². The monoisotopic (exact) mass is 438 g/mol. The summed E-state index contributed by atoms with van der Waals surface area (Å²) < 4.78 is 47.1. The van der Waals surface area contributed by atoms with Crippen LogP contribution in [0.15, 0.2) is 0 Å².